The quantitative estimate of drug-likeness (QED) is 0.736. The van der Waals surface area contributed by atoms with Crippen LogP contribution in [0.1, 0.15) is 62.7 Å². The molecular formula is C21H29N3O3. The molecule has 2 heterocycles. The summed E-state index contributed by atoms with van der Waals surface area (Å²) in [6.45, 7) is 6.84. The van der Waals surface area contributed by atoms with Gasteiger partial charge in [0.1, 0.15) is 11.4 Å². The molecule has 6 nitrogen and oxygen atoms in total. The molecule has 2 aliphatic rings. The van der Waals surface area contributed by atoms with Crippen molar-refractivity contribution >= 4 is 0 Å². The molecule has 4 rings (SSSR count). The number of rotatable bonds is 7. The van der Waals surface area contributed by atoms with Crippen molar-refractivity contribution in [3.63, 3.8) is 0 Å². The molecule has 146 valence electrons. The lowest BCUT2D eigenvalue weighted by Gasteiger charge is -2.38. The summed E-state index contributed by atoms with van der Waals surface area (Å²) in [4.78, 5) is 7.10. The van der Waals surface area contributed by atoms with E-state index >= 15 is 0 Å². The number of piperidine rings is 1. The first-order valence-corrected chi connectivity index (χ1v) is 9.96. The van der Waals surface area contributed by atoms with Crippen molar-refractivity contribution in [1.29, 1.82) is 0 Å². The molecule has 1 aromatic heterocycles. The Bertz CT molecular complexity index is 762. The van der Waals surface area contributed by atoms with Crippen molar-refractivity contribution < 1.29 is 14.0 Å². The van der Waals surface area contributed by atoms with Crippen LogP contribution in [-0.4, -0.2) is 41.3 Å². The third kappa shape index (κ3) is 4.01. The van der Waals surface area contributed by atoms with Gasteiger partial charge in [0.15, 0.2) is 5.82 Å². The van der Waals surface area contributed by atoms with Crippen molar-refractivity contribution in [2.75, 3.05) is 20.2 Å². The molecule has 0 atom stereocenters. The van der Waals surface area contributed by atoms with Gasteiger partial charge < -0.3 is 14.0 Å². The molecule has 0 amide bonds. The number of ether oxygens (including phenoxy) is 2. The maximum Gasteiger partial charge on any atom is 0.258 e. The van der Waals surface area contributed by atoms with Crippen LogP contribution in [0.3, 0.4) is 0 Å². The number of aromatic nitrogens is 2. The Hall–Kier alpha value is -1.92. The lowest BCUT2D eigenvalue weighted by atomic mass is 9.90. The van der Waals surface area contributed by atoms with Gasteiger partial charge in [0, 0.05) is 38.2 Å². The average molecular weight is 371 g/mol. The van der Waals surface area contributed by atoms with E-state index in [9.17, 15) is 0 Å². The summed E-state index contributed by atoms with van der Waals surface area (Å²) in [5.74, 6) is 2.97. The molecule has 1 saturated heterocycles. The topological polar surface area (TPSA) is 60.6 Å². The summed E-state index contributed by atoms with van der Waals surface area (Å²) in [6, 6.07) is 8.30. The van der Waals surface area contributed by atoms with E-state index in [0.717, 1.165) is 44.0 Å². The van der Waals surface area contributed by atoms with E-state index in [0.29, 0.717) is 11.8 Å². The van der Waals surface area contributed by atoms with E-state index in [4.69, 9.17) is 14.0 Å². The Morgan fingerprint density at radius 3 is 2.63 bits per heavy atom. The normalized spacial score (nSPS) is 20.1. The third-order valence-corrected chi connectivity index (χ3v) is 5.56. The first kappa shape index (κ1) is 18.4. The van der Waals surface area contributed by atoms with Crippen LogP contribution in [0.5, 0.6) is 5.75 Å². The molecule has 2 aromatic rings. The number of nitrogens with zero attached hydrogens (tertiary/aromatic N) is 3. The highest BCUT2D eigenvalue weighted by Crippen LogP contribution is 2.41. The van der Waals surface area contributed by atoms with Crippen LogP contribution < -0.4 is 4.74 Å². The summed E-state index contributed by atoms with van der Waals surface area (Å²) >= 11 is 0. The molecule has 0 N–H and O–H groups in total. The smallest absolute Gasteiger partial charge is 0.258 e. The fourth-order valence-electron chi connectivity index (χ4n) is 3.75. The minimum absolute atomic E-state index is 0.173. The third-order valence-electron chi connectivity index (χ3n) is 5.56. The number of methoxy groups -OCH3 is 1. The van der Waals surface area contributed by atoms with Crippen LogP contribution in [0, 0.1) is 0 Å². The second kappa shape index (κ2) is 7.60. The van der Waals surface area contributed by atoms with E-state index in [1.54, 1.807) is 7.11 Å². The van der Waals surface area contributed by atoms with Crippen molar-refractivity contribution in [2.45, 2.75) is 63.7 Å². The van der Waals surface area contributed by atoms with Crippen LogP contribution in [-0.2, 0) is 16.9 Å². The molecule has 2 fully saturated rings. The van der Waals surface area contributed by atoms with Gasteiger partial charge in [-0.05, 0) is 45.6 Å². The zero-order valence-electron chi connectivity index (χ0n) is 16.5. The molecule has 1 aromatic carbocycles. The Morgan fingerprint density at radius 2 is 1.96 bits per heavy atom. The first-order chi connectivity index (χ1) is 13.1. The fourth-order valence-corrected chi connectivity index (χ4v) is 3.75. The number of likely N-dealkylation sites (tertiary alicyclic amines) is 1. The molecule has 27 heavy (non-hydrogen) atoms. The summed E-state index contributed by atoms with van der Waals surface area (Å²) in [5, 5.41) is 4.18. The molecule has 6 heteroatoms. The van der Waals surface area contributed by atoms with Crippen LogP contribution in [0.15, 0.2) is 28.8 Å². The predicted molar refractivity (Wildman–Crippen MR) is 102 cm³/mol. The standard InChI is InChI=1S/C21H29N3O3/c1-15(2)26-18-7-5-4-6-17(18)14-24-12-10-21(25-3,11-13-24)20-22-19(23-27-20)16-8-9-16/h4-7,15-16H,8-14H2,1-3H3. The summed E-state index contributed by atoms with van der Waals surface area (Å²) in [6.07, 6.45) is 4.22. The Labute approximate surface area is 160 Å². The van der Waals surface area contributed by atoms with Gasteiger partial charge in [0.25, 0.3) is 5.89 Å². The molecule has 1 aliphatic heterocycles. The van der Waals surface area contributed by atoms with E-state index in [1.807, 2.05) is 6.07 Å². The molecular weight excluding hydrogens is 342 g/mol. The van der Waals surface area contributed by atoms with Crippen LogP contribution in [0.4, 0.5) is 0 Å². The van der Waals surface area contributed by atoms with Gasteiger partial charge in [-0.15, -0.1) is 0 Å². The second-order valence-corrected chi connectivity index (χ2v) is 7.98. The van der Waals surface area contributed by atoms with Gasteiger partial charge in [-0.25, -0.2) is 0 Å². The maximum absolute atomic E-state index is 5.96. The molecule has 0 radical (unpaired) electrons. The highest BCUT2D eigenvalue weighted by molar-refractivity contribution is 5.33. The van der Waals surface area contributed by atoms with Gasteiger partial charge in [-0.3, -0.25) is 4.90 Å². The number of hydrogen-bond acceptors (Lipinski definition) is 6. The minimum Gasteiger partial charge on any atom is -0.491 e. The fraction of sp³-hybridized carbons (Fsp3) is 0.619. The Kier molecular flexibility index (Phi) is 5.19. The lowest BCUT2D eigenvalue weighted by Crippen LogP contribution is -2.43. The van der Waals surface area contributed by atoms with Crippen molar-refractivity contribution in [3.05, 3.63) is 41.5 Å². The average Bonchev–Trinajstić information content (AvgIpc) is 3.40. The van der Waals surface area contributed by atoms with Crippen LogP contribution >= 0.6 is 0 Å². The first-order valence-electron chi connectivity index (χ1n) is 9.96. The van der Waals surface area contributed by atoms with Gasteiger partial charge in [-0.2, -0.15) is 4.98 Å². The highest BCUT2D eigenvalue weighted by atomic mass is 16.5. The molecule has 1 saturated carbocycles. The zero-order chi connectivity index (χ0) is 18.9. The summed E-state index contributed by atoms with van der Waals surface area (Å²) in [5.41, 5.74) is 0.773. The number of para-hydroxylation sites is 1. The molecule has 0 bridgehead atoms. The predicted octanol–water partition coefficient (Wildman–Crippen LogP) is 3.87. The van der Waals surface area contributed by atoms with Gasteiger partial charge >= 0.3 is 0 Å². The Balaban J connectivity index is 1.42. The SMILES string of the molecule is COC1(c2nc(C3CC3)no2)CCN(Cc2ccccc2OC(C)C)CC1. The van der Waals surface area contributed by atoms with Crippen molar-refractivity contribution in [3.8, 4) is 5.75 Å². The Morgan fingerprint density at radius 1 is 1.22 bits per heavy atom. The minimum atomic E-state index is -0.454. The van der Waals surface area contributed by atoms with Crippen LogP contribution in [0.25, 0.3) is 0 Å². The summed E-state index contributed by atoms with van der Waals surface area (Å²) in [7, 11) is 1.75. The monoisotopic (exact) mass is 371 g/mol. The highest BCUT2D eigenvalue weighted by Gasteiger charge is 2.42. The molecule has 0 unspecified atom stereocenters. The van der Waals surface area contributed by atoms with Gasteiger partial charge in [-0.1, -0.05) is 23.4 Å². The van der Waals surface area contributed by atoms with Gasteiger partial charge in [0.05, 0.1) is 6.10 Å². The van der Waals surface area contributed by atoms with E-state index in [-0.39, 0.29) is 6.10 Å². The van der Waals surface area contributed by atoms with E-state index in [2.05, 4.69) is 47.1 Å². The largest absolute Gasteiger partial charge is 0.491 e. The van der Waals surface area contributed by atoms with E-state index in [1.165, 1.54) is 18.4 Å². The number of hydrogen-bond donors (Lipinski definition) is 0. The number of benzene rings is 1. The van der Waals surface area contributed by atoms with E-state index < -0.39 is 5.60 Å². The lowest BCUT2D eigenvalue weighted by molar-refractivity contribution is -0.0839. The van der Waals surface area contributed by atoms with Crippen molar-refractivity contribution in [2.24, 2.45) is 0 Å². The molecule has 0 spiro atoms. The van der Waals surface area contributed by atoms with Crippen molar-refractivity contribution in [1.82, 2.24) is 15.0 Å². The maximum atomic E-state index is 5.96. The molecule has 1 aliphatic carbocycles. The second-order valence-electron chi connectivity index (χ2n) is 7.98. The zero-order valence-corrected chi connectivity index (χ0v) is 16.5. The summed E-state index contributed by atoms with van der Waals surface area (Å²) < 4.78 is 17.5. The van der Waals surface area contributed by atoms with Gasteiger partial charge in [0.2, 0.25) is 0 Å². The van der Waals surface area contributed by atoms with Crippen LogP contribution in [0.2, 0.25) is 0 Å².